The molecule has 2 aliphatic rings. The lowest BCUT2D eigenvalue weighted by molar-refractivity contribution is 0.0324. The first-order valence-electron chi connectivity index (χ1n) is 4.82. The van der Waals surface area contributed by atoms with Crippen molar-refractivity contribution < 1.29 is 9.53 Å². The zero-order valence-corrected chi connectivity index (χ0v) is 8.50. The first-order chi connectivity index (χ1) is 6.84. The molecule has 1 aromatic rings. The number of carbonyl (C=O) groups excluding carboxylic acids is 1. The number of ether oxygens (including phenoxy) is 1. The molecule has 0 amide bonds. The number of thioether (sulfide) groups is 1. The van der Waals surface area contributed by atoms with Gasteiger partial charge in [0.05, 0.1) is 5.25 Å². The molecular weight excluding hydrogens is 198 g/mol. The fraction of sp³-hybridized carbons (Fsp3) is 0.500. The number of hydrogen-bond donors (Lipinski definition) is 0. The maximum Gasteiger partial charge on any atom is 0.355 e. The first-order valence-corrected chi connectivity index (χ1v) is 5.87. The highest BCUT2D eigenvalue weighted by Gasteiger charge is 2.35. The van der Waals surface area contributed by atoms with Gasteiger partial charge < -0.3 is 9.30 Å². The lowest BCUT2D eigenvalue weighted by Gasteiger charge is -2.14. The van der Waals surface area contributed by atoms with Crippen LogP contribution >= 0.6 is 11.8 Å². The number of nitrogens with zero attached hydrogens (tertiary/aromatic N) is 1. The van der Waals surface area contributed by atoms with E-state index in [2.05, 4.69) is 0 Å². The normalized spacial score (nSPS) is 30.4. The fourth-order valence-electron chi connectivity index (χ4n) is 2.08. The molecule has 0 spiro atoms. The Morgan fingerprint density at radius 3 is 3.43 bits per heavy atom. The second-order valence-corrected chi connectivity index (χ2v) is 5.03. The van der Waals surface area contributed by atoms with E-state index < -0.39 is 0 Å². The van der Waals surface area contributed by atoms with Crippen LogP contribution in [0.4, 0.5) is 0 Å². The topological polar surface area (TPSA) is 31.2 Å². The van der Waals surface area contributed by atoms with Crippen molar-refractivity contribution in [1.82, 2.24) is 4.57 Å². The lowest BCUT2D eigenvalue weighted by atomic mass is 10.2. The number of carbonyl (C=O) groups is 1. The second-order valence-electron chi connectivity index (χ2n) is 3.69. The molecule has 4 heteroatoms. The van der Waals surface area contributed by atoms with E-state index in [4.69, 9.17) is 4.74 Å². The third kappa shape index (κ3) is 1.17. The van der Waals surface area contributed by atoms with Crippen LogP contribution in [0.1, 0.15) is 16.9 Å². The third-order valence-electron chi connectivity index (χ3n) is 2.82. The van der Waals surface area contributed by atoms with Crippen molar-refractivity contribution in [2.45, 2.75) is 24.3 Å². The third-order valence-corrected chi connectivity index (χ3v) is 4.17. The highest BCUT2D eigenvalue weighted by molar-refractivity contribution is 8.00. The van der Waals surface area contributed by atoms with Gasteiger partial charge in [0.2, 0.25) is 0 Å². The minimum Gasteiger partial charge on any atom is -0.456 e. The number of fused-ring (bicyclic) bond motifs is 2. The molecule has 74 valence electrons. The van der Waals surface area contributed by atoms with Crippen LogP contribution in [0.5, 0.6) is 0 Å². The highest BCUT2D eigenvalue weighted by atomic mass is 32.2. The monoisotopic (exact) mass is 209 g/mol. The number of aromatic nitrogens is 1. The predicted molar refractivity (Wildman–Crippen MR) is 54.5 cm³/mol. The SMILES string of the molecule is O=C1OC2CCS[C@@H]2Cn2cccc21. The fourth-order valence-corrected chi connectivity index (χ4v) is 3.43. The molecule has 3 heterocycles. The van der Waals surface area contributed by atoms with Gasteiger partial charge in [0.25, 0.3) is 0 Å². The minimum absolute atomic E-state index is 0.132. The Kier molecular flexibility index (Phi) is 1.83. The summed E-state index contributed by atoms with van der Waals surface area (Å²) in [6.45, 7) is 0.906. The van der Waals surface area contributed by atoms with Crippen molar-refractivity contribution in [3.05, 3.63) is 24.0 Å². The molecule has 3 nitrogen and oxygen atoms in total. The average Bonchev–Trinajstić information content (AvgIpc) is 2.75. The maximum absolute atomic E-state index is 11.7. The van der Waals surface area contributed by atoms with Crippen molar-refractivity contribution >= 4 is 17.7 Å². The quantitative estimate of drug-likeness (QED) is 0.607. The van der Waals surface area contributed by atoms with Gasteiger partial charge in [-0.1, -0.05) is 0 Å². The van der Waals surface area contributed by atoms with Gasteiger partial charge in [-0.05, 0) is 24.3 Å². The zero-order valence-electron chi connectivity index (χ0n) is 7.68. The summed E-state index contributed by atoms with van der Waals surface area (Å²) in [4.78, 5) is 11.7. The van der Waals surface area contributed by atoms with Crippen LogP contribution in [-0.2, 0) is 11.3 Å². The molecule has 0 saturated carbocycles. The number of rotatable bonds is 0. The predicted octanol–water partition coefficient (Wildman–Crippen LogP) is 1.53. The Morgan fingerprint density at radius 2 is 2.50 bits per heavy atom. The summed E-state index contributed by atoms with van der Waals surface area (Å²) in [5.41, 5.74) is 0.694. The molecule has 0 bridgehead atoms. The standard InChI is InChI=1S/C10H11NO2S/c12-10-7-2-1-4-11(7)6-9-8(13-10)3-5-14-9/h1-2,4,8-9H,3,5-6H2/t8?,9-/m1/s1. The molecule has 0 aromatic carbocycles. The zero-order chi connectivity index (χ0) is 9.54. The van der Waals surface area contributed by atoms with Crippen LogP contribution in [-0.4, -0.2) is 27.6 Å². The van der Waals surface area contributed by atoms with E-state index in [-0.39, 0.29) is 12.1 Å². The molecule has 1 saturated heterocycles. The molecule has 1 unspecified atom stereocenters. The molecule has 3 rings (SSSR count). The van der Waals surface area contributed by atoms with Crippen LogP contribution in [0.25, 0.3) is 0 Å². The van der Waals surface area contributed by atoms with Crippen LogP contribution < -0.4 is 0 Å². The Hall–Kier alpha value is -0.900. The summed E-state index contributed by atoms with van der Waals surface area (Å²) in [6.07, 6.45) is 3.09. The minimum atomic E-state index is -0.162. The van der Waals surface area contributed by atoms with Crippen molar-refractivity contribution in [1.29, 1.82) is 0 Å². The van der Waals surface area contributed by atoms with E-state index in [0.29, 0.717) is 10.9 Å². The van der Waals surface area contributed by atoms with Gasteiger partial charge in [-0.15, -0.1) is 0 Å². The molecule has 1 aromatic heterocycles. The van der Waals surface area contributed by atoms with E-state index in [0.717, 1.165) is 18.7 Å². The lowest BCUT2D eigenvalue weighted by Crippen LogP contribution is -2.23. The summed E-state index contributed by atoms with van der Waals surface area (Å²) in [5, 5.41) is 0.451. The smallest absolute Gasteiger partial charge is 0.355 e. The summed E-state index contributed by atoms with van der Waals surface area (Å²) < 4.78 is 7.44. The van der Waals surface area contributed by atoms with Gasteiger partial charge in [0, 0.05) is 12.7 Å². The summed E-state index contributed by atoms with van der Waals surface area (Å²) in [5.74, 6) is 0.948. The molecule has 0 N–H and O–H groups in total. The van der Waals surface area contributed by atoms with Crippen LogP contribution in [0, 0.1) is 0 Å². The number of hydrogen-bond acceptors (Lipinski definition) is 3. The van der Waals surface area contributed by atoms with Gasteiger partial charge in [0.1, 0.15) is 11.8 Å². The van der Waals surface area contributed by atoms with Crippen LogP contribution in [0.3, 0.4) is 0 Å². The van der Waals surface area contributed by atoms with Crippen LogP contribution in [0.15, 0.2) is 18.3 Å². The van der Waals surface area contributed by atoms with E-state index in [9.17, 15) is 4.79 Å². The van der Waals surface area contributed by atoms with Crippen molar-refractivity contribution in [2.24, 2.45) is 0 Å². The summed E-state index contributed by atoms with van der Waals surface area (Å²) >= 11 is 1.91. The molecule has 14 heavy (non-hydrogen) atoms. The highest BCUT2D eigenvalue weighted by Crippen LogP contribution is 2.33. The summed E-state index contributed by atoms with van der Waals surface area (Å²) in [6, 6.07) is 3.73. The summed E-state index contributed by atoms with van der Waals surface area (Å²) in [7, 11) is 0. The van der Waals surface area contributed by atoms with E-state index in [1.54, 1.807) is 0 Å². The van der Waals surface area contributed by atoms with Crippen molar-refractivity contribution in [2.75, 3.05) is 5.75 Å². The molecule has 0 aliphatic carbocycles. The van der Waals surface area contributed by atoms with E-state index >= 15 is 0 Å². The number of esters is 1. The van der Waals surface area contributed by atoms with E-state index in [1.807, 2.05) is 34.7 Å². The molecule has 2 atom stereocenters. The molecule has 2 aliphatic heterocycles. The van der Waals surface area contributed by atoms with Gasteiger partial charge in [-0.25, -0.2) is 4.79 Å². The first kappa shape index (κ1) is 8.41. The van der Waals surface area contributed by atoms with Crippen molar-refractivity contribution in [3.8, 4) is 0 Å². The second kappa shape index (κ2) is 3.05. The van der Waals surface area contributed by atoms with Gasteiger partial charge >= 0.3 is 5.97 Å². The molecule has 0 radical (unpaired) electrons. The van der Waals surface area contributed by atoms with Gasteiger partial charge in [0.15, 0.2) is 0 Å². The molecule has 1 fully saturated rings. The average molecular weight is 209 g/mol. The Morgan fingerprint density at radius 1 is 1.57 bits per heavy atom. The Bertz CT molecular complexity index is 374. The van der Waals surface area contributed by atoms with Crippen LogP contribution in [0.2, 0.25) is 0 Å². The van der Waals surface area contributed by atoms with E-state index in [1.165, 1.54) is 0 Å². The maximum atomic E-state index is 11.7. The molecular formula is C10H11NO2S. The van der Waals surface area contributed by atoms with Crippen molar-refractivity contribution in [3.63, 3.8) is 0 Å². The van der Waals surface area contributed by atoms with Gasteiger partial charge in [-0.3, -0.25) is 0 Å². The van der Waals surface area contributed by atoms with Gasteiger partial charge in [-0.2, -0.15) is 11.8 Å². The Balaban J connectivity index is 1.99. The Labute approximate surface area is 86.4 Å². The largest absolute Gasteiger partial charge is 0.456 e.